The Kier molecular flexibility index (Phi) is 3.72. The summed E-state index contributed by atoms with van der Waals surface area (Å²) in [7, 11) is 0. The van der Waals surface area contributed by atoms with Crippen molar-refractivity contribution in [2.24, 2.45) is 0 Å². The number of rotatable bonds is 3. The number of thiophene rings is 1. The molecule has 0 bridgehead atoms. The van der Waals surface area contributed by atoms with E-state index in [0.717, 1.165) is 0 Å². The van der Waals surface area contributed by atoms with Crippen LogP contribution < -0.4 is 5.32 Å². The molecule has 0 aromatic carbocycles. The Morgan fingerprint density at radius 1 is 1.64 bits per heavy atom. The average Bonchev–Trinajstić information content (AvgIpc) is 2.53. The van der Waals surface area contributed by atoms with Crippen molar-refractivity contribution in [2.75, 3.05) is 0 Å². The molecule has 0 fully saturated rings. The van der Waals surface area contributed by atoms with Crippen molar-refractivity contribution in [3.05, 3.63) is 22.4 Å². The Hall–Kier alpha value is -0.350. The van der Waals surface area contributed by atoms with Crippen LogP contribution >= 0.6 is 27.3 Å². The van der Waals surface area contributed by atoms with Crippen molar-refractivity contribution in [2.45, 2.75) is 31.1 Å². The summed E-state index contributed by atoms with van der Waals surface area (Å²) in [6.45, 7) is 5.66. The van der Waals surface area contributed by atoms with Crippen LogP contribution in [0.1, 0.15) is 31.7 Å². The summed E-state index contributed by atoms with van der Waals surface area (Å²) in [5.41, 5.74) is 0. The van der Waals surface area contributed by atoms with Gasteiger partial charge >= 0.3 is 0 Å². The summed E-state index contributed by atoms with van der Waals surface area (Å²) in [5.74, 6) is 0.0124. The van der Waals surface area contributed by atoms with Gasteiger partial charge in [0.05, 0.1) is 10.4 Å². The van der Waals surface area contributed by atoms with Crippen molar-refractivity contribution in [1.82, 2.24) is 5.32 Å². The molecule has 1 atom stereocenters. The van der Waals surface area contributed by atoms with Gasteiger partial charge in [-0.3, -0.25) is 4.79 Å². The Balaban J connectivity index is 2.58. The smallest absolute Gasteiger partial charge is 0.236 e. The lowest BCUT2D eigenvalue weighted by Crippen LogP contribution is -2.38. The van der Waals surface area contributed by atoms with Gasteiger partial charge in [0.25, 0.3) is 0 Å². The number of hydrogen-bond acceptors (Lipinski definition) is 2. The van der Waals surface area contributed by atoms with E-state index in [1.54, 1.807) is 11.3 Å². The van der Waals surface area contributed by atoms with Gasteiger partial charge < -0.3 is 5.32 Å². The van der Waals surface area contributed by atoms with E-state index in [2.05, 4.69) is 21.2 Å². The van der Waals surface area contributed by atoms with Gasteiger partial charge in [-0.1, -0.05) is 22.0 Å². The maximum absolute atomic E-state index is 11.6. The molecule has 1 amide bonds. The van der Waals surface area contributed by atoms with E-state index < -0.39 is 4.32 Å². The SMILES string of the molecule is C[C@@H](NC(=O)C(C)(C)Br)c1cccs1. The van der Waals surface area contributed by atoms with Crippen molar-refractivity contribution in [3.63, 3.8) is 0 Å². The first-order valence-corrected chi connectivity index (χ1v) is 6.12. The molecule has 4 heteroatoms. The second-order valence-electron chi connectivity index (χ2n) is 3.68. The highest BCUT2D eigenvalue weighted by Gasteiger charge is 2.25. The molecule has 1 rings (SSSR count). The molecule has 1 aromatic heterocycles. The van der Waals surface area contributed by atoms with Crippen LogP contribution in [0.2, 0.25) is 0 Å². The molecule has 0 unspecified atom stereocenters. The fourth-order valence-electron chi connectivity index (χ4n) is 0.977. The maximum atomic E-state index is 11.6. The highest BCUT2D eigenvalue weighted by molar-refractivity contribution is 9.10. The molecule has 2 nitrogen and oxygen atoms in total. The van der Waals surface area contributed by atoms with Crippen LogP contribution in [0.5, 0.6) is 0 Å². The highest BCUT2D eigenvalue weighted by Crippen LogP contribution is 2.21. The maximum Gasteiger partial charge on any atom is 0.236 e. The van der Waals surface area contributed by atoms with Crippen LogP contribution in [-0.2, 0) is 4.79 Å². The molecular formula is C10H14BrNOS. The van der Waals surface area contributed by atoms with Crippen LogP contribution in [0.15, 0.2) is 17.5 Å². The number of carbonyl (C=O) groups excluding carboxylic acids is 1. The van der Waals surface area contributed by atoms with Crippen LogP contribution in [0.25, 0.3) is 0 Å². The van der Waals surface area contributed by atoms with Gasteiger partial charge in [0.1, 0.15) is 0 Å². The molecule has 14 heavy (non-hydrogen) atoms. The van der Waals surface area contributed by atoms with Crippen molar-refractivity contribution < 1.29 is 4.79 Å². The fraction of sp³-hybridized carbons (Fsp3) is 0.500. The van der Waals surface area contributed by atoms with E-state index in [-0.39, 0.29) is 11.9 Å². The first kappa shape index (κ1) is 11.7. The molecule has 1 aromatic rings. The lowest BCUT2D eigenvalue weighted by Gasteiger charge is -2.19. The lowest BCUT2D eigenvalue weighted by atomic mass is 10.2. The van der Waals surface area contributed by atoms with E-state index in [1.165, 1.54) is 4.88 Å². The van der Waals surface area contributed by atoms with Crippen molar-refractivity contribution in [3.8, 4) is 0 Å². The molecule has 0 saturated heterocycles. The molecule has 1 N–H and O–H groups in total. The van der Waals surface area contributed by atoms with Crippen molar-refractivity contribution >= 4 is 33.2 Å². The quantitative estimate of drug-likeness (QED) is 0.844. The summed E-state index contributed by atoms with van der Waals surface area (Å²) >= 11 is 4.98. The van der Waals surface area contributed by atoms with Gasteiger partial charge in [-0.05, 0) is 32.2 Å². The van der Waals surface area contributed by atoms with Crippen LogP contribution in [0, 0.1) is 0 Å². The van der Waals surface area contributed by atoms with Crippen LogP contribution in [0.3, 0.4) is 0 Å². The zero-order valence-electron chi connectivity index (χ0n) is 8.50. The van der Waals surface area contributed by atoms with Gasteiger partial charge in [0, 0.05) is 4.88 Å². The Labute approximate surface area is 96.8 Å². The fourth-order valence-corrected chi connectivity index (χ4v) is 1.83. The summed E-state index contributed by atoms with van der Waals surface area (Å²) in [5, 5.41) is 4.96. The minimum absolute atomic E-state index is 0.0124. The Morgan fingerprint density at radius 2 is 2.29 bits per heavy atom. The molecular weight excluding hydrogens is 262 g/mol. The first-order valence-electron chi connectivity index (χ1n) is 4.44. The van der Waals surface area contributed by atoms with E-state index in [4.69, 9.17) is 0 Å². The summed E-state index contributed by atoms with van der Waals surface area (Å²) < 4.78 is -0.501. The van der Waals surface area contributed by atoms with E-state index >= 15 is 0 Å². The molecule has 0 saturated carbocycles. The monoisotopic (exact) mass is 275 g/mol. The first-order chi connectivity index (χ1) is 6.41. The van der Waals surface area contributed by atoms with E-state index in [1.807, 2.05) is 38.3 Å². The third-order valence-corrected chi connectivity index (χ3v) is 3.27. The largest absolute Gasteiger partial charge is 0.348 e. The summed E-state index contributed by atoms with van der Waals surface area (Å²) in [6, 6.07) is 4.10. The molecule has 78 valence electrons. The topological polar surface area (TPSA) is 29.1 Å². The van der Waals surface area contributed by atoms with Gasteiger partial charge in [-0.2, -0.15) is 0 Å². The zero-order chi connectivity index (χ0) is 10.8. The standard InChI is InChI=1S/C10H14BrNOS/c1-7(8-5-4-6-14-8)12-9(13)10(2,3)11/h4-7H,1-3H3,(H,12,13)/t7-/m1/s1. The van der Waals surface area contributed by atoms with Gasteiger partial charge in [-0.15, -0.1) is 11.3 Å². The number of hydrogen-bond donors (Lipinski definition) is 1. The third kappa shape index (κ3) is 3.10. The Morgan fingerprint density at radius 3 is 2.71 bits per heavy atom. The van der Waals surface area contributed by atoms with Crippen molar-refractivity contribution in [1.29, 1.82) is 0 Å². The van der Waals surface area contributed by atoms with E-state index in [0.29, 0.717) is 0 Å². The summed E-state index contributed by atoms with van der Waals surface area (Å²) in [6.07, 6.45) is 0. The average molecular weight is 276 g/mol. The number of amides is 1. The minimum Gasteiger partial charge on any atom is -0.348 e. The molecule has 0 spiro atoms. The van der Waals surface area contributed by atoms with Gasteiger partial charge in [0.2, 0.25) is 5.91 Å². The number of alkyl halides is 1. The predicted octanol–water partition coefficient (Wildman–Crippen LogP) is 3.10. The predicted molar refractivity (Wildman–Crippen MR) is 63.9 cm³/mol. The lowest BCUT2D eigenvalue weighted by molar-refractivity contribution is -0.123. The normalized spacial score (nSPS) is 13.7. The van der Waals surface area contributed by atoms with Gasteiger partial charge in [0.15, 0.2) is 0 Å². The minimum atomic E-state index is -0.501. The third-order valence-electron chi connectivity index (χ3n) is 1.86. The molecule has 1 heterocycles. The molecule has 0 aliphatic heterocycles. The Bertz CT molecular complexity index is 302. The second-order valence-corrected chi connectivity index (χ2v) is 6.64. The van der Waals surface area contributed by atoms with Crippen LogP contribution in [-0.4, -0.2) is 10.2 Å². The number of halogens is 1. The molecule has 0 aliphatic carbocycles. The van der Waals surface area contributed by atoms with Crippen LogP contribution in [0.4, 0.5) is 0 Å². The number of nitrogens with one attached hydrogen (secondary N) is 1. The highest BCUT2D eigenvalue weighted by atomic mass is 79.9. The number of carbonyl (C=O) groups is 1. The molecule has 0 aliphatic rings. The van der Waals surface area contributed by atoms with Gasteiger partial charge in [-0.25, -0.2) is 0 Å². The zero-order valence-corrected chi connectivity index (χ0v) is 10.9. The van der Waals surface area contributed by atoms with E-state index in [9.17, 15) is 4.79 Å². The summed E-state index contributed by atoms with van der Waals surface area (Å²) in [4.78, 5) is 12.8. The second kappa shape index (κ2) is 4.45. The molecule has 0 radical (unpaired) electrons.